The van der Waals surface area contributed by atoms with Crippen LogP contribution in [0.25, 0.3) is 16.5 Å². The molecule has 2 aromatic carbocycles. The smallest absolute Gasteiger partial charge is 0.253 e. The van der Waals surface area contributed by atoms with E-state index in [1.807, 2.05) is 48.7 Å². The van der Waals surface area contributed by atoms with Gasteiger partial charge in [0.05, 0.1) is 23.9 Å². The molecule has 1 aromatic heterocycles. The van der Waals surface area contributed by atoms with Gasteiger partial charge in [0.2, 0.25) is 0 Å². The molecule has 0 spiro atoms. The zero-order chi connectivity index (χ0) is 24.0. The predicted octanol–water partition coefficient (Wildman–Crippen LogP) is 5.69. The van der Waals surface area contributed by atoms with Gasteiger partial charge in [-0.05, 0) is 49.6 Å². The summed E-state index contributed by atoms with van der Waals surface area (Å²) in [4.78, 5) is 27.3. The van der Waals surface area contributed by atoms with Gasteiger partial charge in [-0.1, -0.05) is 43.9 Å². The Bertz CT molecular complexity index is 1280. The molecule has 1 saturated carbocycles. The van der Waals surface area contributed by atoms with E-state index in [1.54, 1.807) is 7.11 Å². The molecule has 2 aliphatic rings. The lowest BCUT2D eigenvalue weighted by molar-refractivity contribution is 0.0934. The molecule has 7 heteroatoms. The molecular weight excluding hydrogens is 438 g/mol. The Kier molecular flexibility index (Phi) is 7.02. The number of para-hydroxylation sites is 1. The molecular formula is C28H31N5O2. The fraction of sp³-hybridized carbons (Fsp3) is 0.357. The topological polar surface area (TPSA) is 88.5 Å². The Morgan fingerprint density at radius 2 is 1.86 bits per heavy atom. The quantitative estimate of drug-likeness (QED) is 0.453. The monoisotopic (exact) mass is 469 g/mol. The Balaban J connectivity index is 1.50. The summed E-state index contributed by atoms with van der Waals surface area (Å²) >= 11 is 0. The number of anilines is 2. The number of aliphatic imine (C=N–C) groups is 1. The van der Waals surface area contributed by atoms with Crippen molar-refractivity contribution >= 4 is 40.1 Å². The van der Waals surface area contributed by atoms with Crippen molar-refractivity contribution < 1.29 is 9.53 Å². The zero-order valence-electron chi connectivity index (χ0n) is 20.1. The maximum Gasteiger partial charge on any atom is 0.253 e. The van der Waals surface area contributed by atoms with Crippen molar-refractivity contribution in [3.63, 3.8) is 0 Å². The zero-order valence-corrected chi connectivity index (χ0v) is 20.1. The summed E-state index contributed by atoms with van der Waals surface area (Å²) in [5.74, 6) is 1.89. The molecule has 7 nitrogen and oxygen atoms in total. The lowest BCUT2D eigenvalue weighted by Crippen LogP contribution is -2.34. The molecule has 0 atom stereocenters. The number of nitrogens with one attached hydrogen (secondary N) is 2. The van der Waals surface area contributed by atoms with E-state index in [1.165, 1.54) is 25.7 Å². The standard InChI is InChI=1S/C28H31N5O2/c1-35-21-14-15-25-23(17-21)27(33-26(31-25)19-9-8-16-29-18-19)32-24-13-7-6-12-22(24)28(34)30-20-10-4-2-3-5-11-20/h6-7,9,12-15,17-18,20H,2-5,8,10-11,16H2,1H3,(H,30,34)(H,31,32,33). The van der Waals surface area contributed by atoms with Gasteiger partial charge in [0.15, 0.2) is 5.82 Å². The third kappa shape index (κ3) is 5.34. The van der Waals surface area contributed by atoms with Crippen LogP contribution in [0, 0.1) is 0 Å². The van der Waals surface area contributed by atoms with Crippen molar-refractivity contribution in [1.82, 2.24) is 15.3 Å². The highest BCUT2D eigenvalue weighted by Crippen LogP contribution is 2.30. The van der Waals surface area contributed by atoms with Gasteiger partial charge in [-0.25, -0.2) is 9.97 Å². The van der Waals surface area contributed by atoms with E-state index in [0.717, 1.165) is 48.0 Å². The molecule has 2 heterocycles. The van der Waals surface area contributed by atoms with Crippen LogP contribution in [0.15, 0.2) is 53.5 Å². The van der Waals surface area contributed by atoms with Crippen LogP contribution in [0.3, 0.4) is 0 Å². The number of nitrogens with zero attached hydrogens (tertiary/aromatic N) is 3. The first kappa shape index (κ1) is 23.0. The molecule has 0 bridgehead atoms. The van der Waals surface area contributed by atoms with Gasteiger partial charge in [-0.2, -0.15) is 0 Å². The molecule has 0 unspecified atom stereocenters. The molecule has 0 radical (unpaired) electrons. The van der Waals surface area contributed by atoms with E-state index in [-0.39, 0.29) is 11.9 Å². The lowest BCUT2D eigenvalue weighted by Gasteiger charge is -2.19. The van der Waals surface area contributed by atoms with Gasteiger partial charge in [0.25, 0.3) is 5.91 Å². The Labute approximate surface area is 205 Å². The normalized spacial score (nSPS) is 16.4. The molecule has 35 heavy (non-hydrogen) atoms. The fourth-order valence-corrected chi connectivity index (χ4v) is 4.72. The van der Waals surface area contributed by atoms with E-state index in [9.17, 15) is 4.79 Å². The summed E-state index contributed by atoms with van der Waals surface area (Å²) in [5, 5.41) is 7.52. The van der Waals surface area contributed by atoms with Gasteiger partial charge in [-0.3, -0.25) is 9.79 Å². The Hall–Kier alpha value is -3.74. The van der Waals surface area contributed by atoms with Crippen LogP contribution >= 0.6 is 0 Å². The molecule has 2 N–H and O–H groups in total. The number of hydrogen-bond donors (Lipinski definition) is 2. The second-order valence-electron chi connectivity index (χ2n) is 9.09. The highest BCUT2D eigenvalue weighted by atomic mass is 16.5. The fourth-order valence-electron chi connectivity index (χ4n) is 4.72. The summed E-state index contributed by atoms with van der Waals surface area (Å²) in [7, 11) is 1.64. The average Bonchev–Trinajstić information content (AvgIpc) is 3.18. The number of fused-ring (bicyclic) bond motifs is 1. The number of rotatable bonds is 6. The van der Waals surface area contributed by atoms with Gasteiger partial charge < -0.3 is 15.4 Å². The highest BCUT2D eigenvalue weighted by molar-refractivity contribution is 6.10. The first-order chi connectivity index (χ1) is 17.2. The minimum Gasteiger partial charge on any atom is -0.497 e. The van der Waals surface area contributed by atoms with E-state index in [4.69, 9.17) is 14.7 Å². The number of carbonyl (C=O) groups excluding carboxylic acids is 1. The molecule has 1 aliphatic carbocycles. The second-order valence-corrected chi connectivity index (χ2v) is 9.09. The van der Waals surface area contributed by atoms with Gasteiger partial charge in [0.1, 0.15) is 11.6 Å². The van der Waals surface area contributed by atoms with Crippen LogP contribution in [0.4, 0.5) is 11.5 Å². The van der Waals surface area contributed by atoms with Crippen LogP contribution < -0.4 is 15.4 Å². The van der Waals surface area contributed by atoms with Crippen LogP contribution in [0.5, 0.6) is 5.75 Å². The van der Waals surface area contributed by atoms with Crippen molar-refractivity contribution in [1.29, 1.82) is 0 Å². The third-order valence-electron chi connectivity index (χ3n) is 6.63. The first-order valence-electron chi connectivity index (χ1n) is 12.4. The number of methoxy groups -OCH3 is 1. The van der Waals surface area contributed by atoms with Crippen molar-refractivity contribution in [2.45, 2.75) is 51.0 Å². The Morgan fingerprint density at radius 3 is 2.63 bits per heavy atom. The maximum absolute atomic E-state index is 13.3. The number of ether oxygens (including phenoxy) is 1. The van der Waals surface area contributed by atoms with Gasteiger partial charge in [0, 0.05) is 29.8 Å². The van der Waals surface area contributed by atoms with Crippen LogP contribution in [0.1, 0.15) is 61.1 Å². The van der Waals surface area contributed by atoms with Crippen LogP contribution in [0.2, 0.25) is 0 Å². The van der Waals surface area contributed by atoms with E-state index in [2.05, 4.69) is 21.7 Å². The molecule has 0 saturated heterocycles. The second kappa shape index (κ2) is 10.7. The van der Waals surface area contributed by atoms with Gasteiger partial charge in [-0.15, -0.1) is 0 Å². The van der Waals surface area contributed by atoms with E-state index < -0.39 is 0 Å². The molecule has 3 aromatic rings. The Morgan fingerprint density at radius 1 is 1.03 bits per heavy atom. The summed E-state index contributed by atoms with van der Waals surface area (Å²) in [6.45, 7) is 0.781. The maximum atomic E-state index is 13.3. The van der Waals surface area contributed by atoms with Crippen LogP contribution in [-0.2, 0) is 0 Å². The SMILES string of the molecule is COc1ccc2nc(C3=CCCN=C3)nc(Nc3ccccc3C(=O)NC3CCCCCC3)c2c1. The minimum absolute atomic E-state index is 0.0571. The number of amides is 1. The van der Waals surface area contributed by atoms with Gasteiger partial charge >= 0.3 is 0 Å². The molecule has 1 fully saturated rings. The average molecular weight is 470 g/mol. The number of dihydropyridines is 1. The summed E-state index contributed by atoms with van der Waals surface area (Å²) in [5.41, 5.74) is 3.00. The molecule has 1 aliphatic heterocycles. The number of benzene rings is 2. The van der Waals surface area contributed by atoms with Crippen molar-refractivity contribution in [3.05, 3.63) is 59.9 Å². The molecule has 180 valence electrons. The highest BCUT2D eigenvalue weighted by Gasteiger charge is 2.19. The molecule has 5 rings (SSSR count). The predicted molar refractivity (Wildman–Crippen MR) is 141 cm³/mol. The van der Waals surface area contributed by atoms with E-state index in [0.29, 0.717) is 22.9 Å². The minimum atomic E-state index is -0.0571. The van der Waals surface area contributed by atoms with Crippen molar-refractivity contribution in [2.75, 3.05) is 19.0 Å². The van der Waals surface area contributed by atoms with Crippen LogP contribution in [-0.4, -0.2) is 41.8 Å². The van der Waals surface area contributed by atoms with Crippen molar-refractivity contribution in [3.8, 4) is 5.75 Å². The van der Waals surface area contributed by atoms with E-state index >= 15 is 0 Å². The third-order valence-corrected chi connectivity index (χ3v) is 6.63. The molecule has 1 amide bonds. The van der Waals surface area contributed by atoms with Crippen molar-refractivity contribution in [2.24, 2.45) is 4.99 Å². The summed E-state index contributed by atoms with van der Waals surface area (Å²) in [6.07, 6.45) is 11.7. The largest absolute Gasteiger partial charge is 0.497 e. The number of hydrogen-bond acceptors (Lipinski definition) is 6. The number of allylic oxidation sites excluding steroid dienone is 1. The summed E-state index contributed by atoms with van der Waals surface area (Å²) < 4.78 is 5.45. The number of carbonyl (C=O) groups is 1. The number of aromatic nitrogens is 2. The summed E-state index contributed by atoms with van der Waals surface area (Å²) in [6, 6.07) is 13.5. The first-order valence-corrected chi connectivity index (χ1v) is 12.4. The lowest BCUT2D eigenvalue weighted by atomic mass is 10.1.